The second kappa shape index (κ2) is 7.75. The topological polar surface area (TPSA) is 122 Å². The van der Waals surface area contributed by atoms with E-state index in [4.69, 9.17) is 10.5 Å². The van der Waals surface area contributed by atoms with Gasteiger partial charge in [0, 0.05) is 25.6 Å². The van der Waals surface area contributed by atoms with E-state index in [1.807, 2.05) is 30.3 Å². The molecule has 1 saturated carbocycles. The molecule has 4 N–H and O–H groups in total. The number of nitrogens with one attached hydrogen (secondary N) is 1. The van der Waals surface area contributed by atoms with Crippen LogP contribution < -0.4 is 15.8 Å². The molecule has 1 saturated heterocycles. The van der Waals surface area contributed by atoms with Gasteiger partial charge in [-0.05, 0) is 47.9 Å². The van der Waals surface area contributed by atoms with Crippen LogP contribution in [0.4, 0.5) is 0 Å². The Morgan fingerprint density at radius 3 is 2.70 bits per heavy atom. The van der Waals surface area contributed by atoms with Gasteiger partial charge in [-0.1, -0.05) is 18.2 Å². The molecule has 1 aromatic rings. The van der Waals surface area contributed by atoms with E-state index in [2.05, 4.69) is 5.32 Å². The van der Waals surface area contributed by atoms with Crippen LogP contribution in [-0.4, -0.2) is 60.6 Å². The van der Waals surface area contributed by atoms with Gasteiger partial charge in [-0.2, -0.15) is 0 Å². The number of carboxylic acids is 1. The summed E-state index contributed by atoms with van der Waals surface area (Å²) < 4.78 is 5.28. The maximum atomic E-state index is 13.1. The molecule has 4 rings (SSSR count). The first kappa shape index (κ1) is 20.4. The fourth-order valence-electron chi connectivity index (χ4n) is 4.89. The lowest BCUT2D eigenvalue weighted by Gasteiger charge is -2.38. The molecule has 4 unspecified atom stereocenters. The van der Waals surface area contributed by atoms with Crippen molar-refractivity contribution in [3.63, 3.8) is 0 Å². The Labute approximate surface area is 175 Å². The summed E-state index contributed by atoms with van der Waals surface area (Å²) in [4.78, 5) is 38.2. The third-order valence-electron chi connectivity index (χ3n) is 6.78. The third-order valence-corrected chi connectivity index (χ3v) is 6.78. The number of nitrogens with zero attached hydrogens (tertiary/aromatic N) is 1. The number of carbonyl (C=O) groups is 3. The number of methoxy groups -OCH3 is 1. The summed E-state index contributed by atoms with van der Waals surface area (Å²) in [5.41, 5.74) is 7.21. The van der Waals surface area contributed by atoms with Crippen molar-refractivity contribution in [1.29, 1.82) is 0 Å². The summed E-state index contributed by atoms with van der Waals surface area (Å²) in [5.74, 6) is -1.98. The minimum atomic E-state index is -1.01. The van der Waals surface area contributed by atoms with Crippen LogP contribution in [0, 0.1) is 17.3 Å². The lowest BCUT2D eigenvalue weighted by molar-refractivity contribution is -0.150. The average Bonchev–Trinajstić information content (AvgIpc) is 3.46. The van der Waals surface area contributed by atoms with Crippen LogP contribution in [-0.2, 0) is 14.4 Å². The molecule has 4 atom stereocenters. The molecule has 1 spiro atoms. The molecule has 2 fully saturated rings. The first-order valence-corrected chi connectivity index (χ1v) is 10.2. The molecule has 8 heteroatoms. The fourth-order valence-corrected chi connectivity index (χ4v) is 4.89. The normalized spacial score (nSPS) is 30.5. The molecule has 2 aliphatic heterocycles. The van der Waals surface area contributed by atoms with Crippen molar-refractivity contribution in [3.05, 3.63) is 35.9 Å². The number of carboxylic acid groups (broad SMARTS) is 1. The summed E-state index contributed by atoms with van der Waals surface area (Å²) in [6, 6.07) is 7.02. The number of nitrogens with two attached hydrogens (primary N) is 1. The molecule has 3 aliphatic rings. The molecule has 0 radical (unpaired) electrons. The van der Waals surface area contributed by atoms with Gasteiger partial charge in [-0.15, -0.1) is 0 Å². The molecule has 1 aliphatic carbocycles. The highest BCUT2D eigenvalue weighted by atomic mass is 16.5. The van der Waals surface area contributed by atoms with Crippen LogP contribution in [0.5, 0.6) is 5.75 Å². The molecule has 30 heavy (non-hydrogen) atoms. The Bertz CT molecular complexity index is 914. The molecule has 0 bridgehead atoms. The lowest BCUT2D eigenvalue weighted by Crippen LogP contribution is -2.58. The summed E-state index contributed by atoms with van der Waals surface area (Å²) in [7, 11) is 1.63. The van der Waals surface area contributed by atoms with Gasteiger partial charge in [-0.3, -0.25) is 14.4 Å². The zero-order valence-corrected chi connectivity index (χ0v) is 17.0. The van der Waals surface area contributed by atoms with Crippen LogP contribution in [0.1, 0.15) is 24.8 Å². The Hall–Kier alpha value is -2.87. The first-order chi connectivity index (χ1) is 14.3. The van der Waals surface area contributed by atoms with Gasteiger partial charge >= 0.3 is 5.97 Å². The molecular weight excluding hydrogens is 386 g/mol. The molecule has 8 nitrogen and oxygen atoms in total. The Morgan fingerprint density at radius 2 is 2.10 bits per heavy atom. The van der Waals surface area contributed by atoms with E-state index in [1.54, 1.807) is 12.0 Å². The van der Waals surface area contributed by atoms with E-state index in [0.29, 0.717) is 38.9 Å². The van der Waals surface area contributed by atoms with Crippen molar-refractivity contribution in [2.45, 2.75) is 25.3 Å². The predicted octanol–water partition coefficient (Wildman–Crippen LogP) is 0.865. The number of rotatable bonds is 5. The predicted molar refractivity (Wildman–Crippen MR) is 109 cm³/mol. The van der Waals surface area contributed by atoms with E-state index >= 15 is 0 Å². The number of ether oxygens (including phenoxy) is 1. The summed E-state index contributed by atoms with van der Waals surface area (Å²) in [6.07, 6.45) is 3.60. The maximum absolute atomic E-state index is 13.1. The fraction of sp³-hybridized carbons (Fsp3) is 0.500. The Morgan fingerprint density at radius 1 is 1.30 bits per heavy atom. The largest absolute Gasteiger partial charge is 0.497 e. The second-order valence-corrected chi connectivity index (χ2v) is 8.52. The SMILES string of the molecule is COc1cccc(C2=CCN(C(=O)C3NCC4(CC3C(=O)O)CC4C(N)=O)CC2)c1. The van der Waals surface area contributed by atoms with Crippen LogP contribution in [0.3, 0.4) is 0 Å². The van der Waals surface area contributed by atoms with E-state index < -0.39 is 29.3 Å². The van der Waals surface area contributed by atoms with Crippen LogP contribution >= 0.6 is 0 Å². The van der Waals surface area contributed by atoms with Gasteiger partial charge in [0.1, 0.15) is 11.8 Å². The maximum Gasteiger partial charge on any atom is 0.308 e. The zero-order chi connectivity index (χ0) is 21.5. The minimum Gasteiger partial charge on any atom is -0.497 e. The number of carbonyl (C=O) groups excluding carboxylic acids is 2. The van der Waals surface area contributed by atoms with Gasteiger partial charge in [0.05, 0.1) is 13.0 Å². The number of hydrogen-bond acceptors (Lipinski definition) is 5. The Balaban J connectivity index is 1.44. The van der Waals surface area contributed by atoms with Crippen LogP contribution in [0.2, 0.25) is 0 Å². The summed E-state index contributed by atoms with van der Waals surface area (Å²) >= 11 is 0. The van der Waals surface area contributed by atoms with Crippen molar-refractivity contribution in [2.75, 3.05) is 26.7 Å². The highest BCUT2D eigenvalue weighted by Crippen LogP contribution is 2.58. The number of hydrogen-bond donors (Lipinski definition) is 3. The molecule has 0 aromatic heterocycles. The highest BCUT2D eigenvalue weighted by molar-refractivity contribution is 5.89. The van der Waals surface area contributed by atoms with Crippen LogP contribution in [0.15, 0.2) is 30.3 Å². The zero-order valence-electron chi connectivity index (χ0n) is 17.0. The molecule has 2 heterocycles. The standard InChI is InChI=1S/C22H27N3O5/c1-30-15-4-2-3-14(9-15)13-5-7-25(8-6-13)20(27)18-16(21(28)29)10-22(12-24-18)11-17(22)19(23)26/h2-5,9,16-18,24H,6-8,10-12H2,1H3,(H2,23,26)(H,28,29). The van der Waals surface area contributed by atoms with Crippen LogP contribution in [0.25, 0.3) is 5.57 Å². The number of primary amides is 1. The van der Waals surface area contributed by atoms with Crippen molar-refractivity contribution >= 4 is 23.4 Å². The highest BCUT2D eigenvalue weighted by Gasteiger charge is 2.62. The molecule has 1 aromatic carbocycles. The quantitative estimate of drug-likeness (QED) is 0.658. The monoisotopic (exact) mass is 413 g/mol. The lowest BCUT2D eigenvalue weighted by atomic mass is 9.80. The molecular formula is C22H27N3O5. The number of amides is 2. The number of benzene rings is 1. The summed E-state index contributed by atoms with van der Waals surface area (Å²) in [6.45, 7) is 1.41. The molecule has 160 valence electrons. The Kier molecular flexibility index (Phi) is 5.27. The third kappa shape index (κ3) is 3.67. The van der Waals surface area contributed by atoms with E-state index in [-0.39, 0.29) is 11.8 Å². The smallest absolute Gasteiger partial charge is 0.308 e. The van der Waals surface area contributed by atoms with E-state index in [9.17, 15) is 19.5 Å². The summed E-state index contributed by atoms with van der Waals surface area (Å²) in [5, 5.41) is 12.9. The van der Waals surface area contributed by atoms with Crippen molar-refractivity contribution in [1.82, 2.24) is 10.2 Å². The van der Waals surface area contributed by atoms with Gasteiger partial charge in [-0.25, -0.2) is 0 Å². The van der Waals surface area contributed by atoms with Crippen molar-refractivity contribution in [2.24, 2.45) is 23.0 Å². The van der Waals surface area contributed by atoms with Gasteiger partial charge in [0.15, 0.2) is 0 Å². The van der Waals surface area contributed by atoms with Gasteiger partial charge in [0.2, 0.25) is 11.8 Å². The van der Waals surface area contributed by atoms with Gasteiger partial charge < -0.3 is 25.8 Å². The van der Waals surface area contributed by atoms with Gasteiger partial charge in [0.25, 0.3) is 0 Å². The number of piperidine rings is 1. The second-order valence-electron chi connectivity index (χ2n) is 8.52. The van der Waals surface area contributed by atoms with Crippen molar-refractivity contribution < 1.29 is 24.2 Å². The van der Waals surface area contributed by atoms with E-state index in [1.165, 1.54) is 0 Å². The first-order valence-electron chi connectivity index (χ1n) is 10.2. The van der Waals surface area contributed by atoms with Crippen molar-refractivity contribution in [3.8, 4) is 5.75 Å². The van der Waals surface area contributed by atoms with E-state index in [0.717, 1.165) is 16.9 Å². The number of aliphatic carboxylic acids is 1. The average molecular weight is 413 g/mol. The minimum absolute atomic E-state index is 0.200. The molecule has 2 amide bonds.